The van der Waals surface area contributed by atoms with Crippen molar-refractivity contribution >= 4 is 16.9 Å². The van der Waals surface area contributed by atoms with Crippen LogP contribution in [-0.2, 0) is 0 Å². The van der Waals surface area contributed by atoms with E-state index >= 15 is 0 Å². The highest BCUT2D eigenvalue weighted by Crippen LogP contribution is 2.34. The zero-order valence-electron chi connectivity index (χ0n) is 12.1. The zero-order chi connectivity index (χ0) is 14.4. The molecule has 0 spiro atoms. The number of nitrogens with zero attached hydrogens (tertiary/aromatic N) is 2. The van der Waals surface area contributed by atoms with Crippen LogP contribution in [-0.4, -0.2) is 41.1 Å². The number of para-hydroxylation sites is 1. The summed E-state index contributed by atoms with van der Waals surface area (Å²) < 4.78 is 5.21. The van der Waals surface area contributed by atoms with Crippen molar-refractivity contribution in [1.82, 2.24) is 15.4 Å². The highest BCUT2D eigenvalue weighted by Gasteiger charge is 2.39. The first-order valence-corrected chi connectivity index (χ1v) is 7.59. The van der Waals surface area contributed by atoms with Crippen molar-refractivity contribution in [3.63, 3.8) is 0 Å². The van der Waals surface area contributed by atoms with Crippen LogP contribution in [0.1, 0.15) is 36.2 Å². The third kappa shape index (κ3) is 2.12. The molecule has 2 bridgehead atoms. The quantitative estimate of drug-likeness (QED) is 0.919. The van der Waals surface area contributed by atoms with Crippen LogP contribution >= 0.6 is 0 Å². The van der Waals surface area contributed by atoms with Crippen molar-refractivity contribution in [1.29, 1.82) is 0 Å². The van der Waals surface area contributed by atoms with Crippen LogP contribution in [0.15, 0.2) is 28.8 Å². The summed E-state index contributed by atoms with van der Waals surface area (Å²) >= 11 is 0. The van der Waals surface area contributed by atoms with E-state index in [4.69, 9.17) is 4.52 Å². The van der Waals surface area contributed by atoms with Gasteiger partial charge < -0.3 is 14.7 Å². The lowest BCUT2D eigenvalue weighted by molar-refractivity contribution is 0.0875. The molecule has 5 nitrogen and oxygen atoms in total. The lowest BCUT2D eigenvalue weighted by Gasteiger charge is -2.36. The summed E-state index contributed by atoms with van der Waals surface area (Å²) in [5.41, 5.74) is 1.06. The van der Waals surface area contributed by atoms with Crippen LogP contribution in [0.2, 0.25) is 0 Å². The molecule has 2 aliphatic rings. The molecule has 110 valence electrons. The number of hydrogen-bond donors (Lipinski definition) is 1. The third-order valence-electron chi connectivity index (χ3n) is 5.03. The van der Waals surface area contributed by atoms with Crippen molar-refractivity contribution in [3.8, 4) is 0 Å². The van der Waals surface area contributed by atoms with Gasteiger partial charge in [-0.3, -0.25) is 4.79 Å². The molecule has 3 atom stereocenters. The summed E-state index contributed by atoms with van der Waals surface area (Å²) in [4.78, 5) is 14.9. The summed E-state index contributed by atoms with van der Waals surface area (Å²) in [5.74, 6) is -0.117. The molecule has 1 N–H and O–H groups in total. The lowest BCUT2D eigenvalue weighted by Crippen LogP contribution is -2.48. The van der Waals surface area contributed by atoms with Crippen molar-refractivity contribution in [3.05, 3.63) is 30.0 Å². The average Bonchev–Trinajstić information content (AvgIpc) is 2.98. The van der Waals surface area contributed by atoms with Crippen LogP contribution in [0, 0.1) is 0 Å². The topological polar surface area (TPSA) is 58.4 Å². The van der Waals surface area contributed by atoms with E-state index in [1.165, 1.54) is 12.8 Å². The van der Waals surface area contributed by atoms with Gasteiger partial charge in [-0.1, -0.05) is 17.3 Å². The second-order valence-corrected chi connectivity index (χ2v) is 6.22. The van der Waals surface area contributed by atoms with Gasteiger partial charge in [-0.05, 0) is 44.9 Å². The molecule has 0 aliphatic carbocycles. The number of amides is 1. The largest absolute Gasteiger partial charge is 0.355 e. The van der Waals surface area contributed by atoms with Gasteiger partial charge in [0.1, 0.15) is 0 Å². The Balaban J connectivity index is 1.51. The van der Waals surface area contributed by atoms with Crippen molar-refractivity contribution in [2.45, 2.75) is 43.8 Å². The second-order valence-electron chi connectivity index (χ2n) is 6.22. The first-order chi connectivity index (χ1) is 10.2. The monoisotopic (exact) mass is 285 g/mol. The average molecular weight is 285 g/mol. The van der Waals surface area contributed by atoms with E-state index < -0.39 is 0 Å². The van der Waals surface area contributed by atoms with E-state index in [9.17, 15) is 4.79 Å². The van der Waals surface area contributed by atoms with Gasteiger partial charge in [-0.15, -0.1) is 0 Å². The van der Waals surface area contributed by atoms with Gasteiger partial charge in [-0.25, -0.2) is 0 Å². The molecule has 0 saturated carbocycles. The molecular weight excluding hydrogens is 266 g/mol. The normalized spacial score (nSPS) is 28.9. The van der Waals surface area contributed by atoms with Crippen molar-refractivity contribution in [2.24, 2.45) is 0 Å². The van der Waals surface area contributed by atoms with Gasteiger partial charge in [0.05, 0.1) is 5.39 Å². The Hall–Kier alpha value is -1.88. The fourth-order valence-electron chi connectivity index (χ4n) is 3.83. The fraction of sp³-hybridized carbons (Fsp3) is 0.500. The molecule has 2 fully saturated rings. The smallest absolute Gasteiger partial charge is 0.274 e. The van der Waals surface area contributed by atoms with Gasteiger partial charge >= 0.3 is 0 Å². The van der Waals surface area contributed by atoms with E-state index in [1.54, 1.807) is 0 Å². The number of fused-ring (bicyclic) bond motifs is 3. The standard InChI is InChI=1S/C16H19N3O2/c1-19-11-6-7-12(19)9-10(8-11)17-16(20)15-13-4-2-3-5-14(13)21-18-15/h2-5,10-12H,6-9H2,1H3,(H,17,20)/t10?,11-,12+. The molecule has 4 rings (SSSR count). The van der Waals surface area contributed by atoms with E-state index in [-0.39, 0.29) is 11.9 Å². The Morgan fingerprint density at radius 1 is 1.29 bits per heavy atom. The summed E-state index contributed by atoms with van der Waals surface area (Å²) in [5, 5.41) is 7.86. The molecule has 1 aromatic heterocycles. The minimum atomic E-state index is -0.117. The number of carbonyl (C=O) groups excluding carboxylic acids is 1. The van der Waals surface area contributed by atoms with E-state index in [0.717, 1.165) is 18.2 Å². The molecule has 2 aliphatic heterocycles. The lowest BCUT2D eigenvalue weighted by atomic mass is 9.98. The van der Waals surface area contributed by atoms with Gasteiger partial charge in [0.25, 0.3) is 5.91 Å². The molecule has 1 aromatic carbocycles. The van der Waals surface area contributed by atoms with Gasteiger partial charge in [-0.2, -0.15) is 0 Å². The number of carbonyl (C=O) groups is 1. The Bertz CT molecular complexity index is 667. The third-order valence-corrected chi connectivity index (χ3v) is 5.03. The number of piperidine rings is 1. The summed E-state index contributed by atoms with van der Waals surface area (Å²) in [6.07, 6.45) is 4.57. The summed E-state index contributed by atoms with van der Waals surface area (Å²) in [7, 11) is 2.20. The molecule has 3 heterocycles. The number of aromatic nitrogens is 1. The molecule has 0 radical (unpaired) electrons. The summed E-state index contributed by atoms with van der Waals surface area (Å²) in [6.45, 7) is 0. The van der Waals surface area contributed by atoms with Crippen LogP contribution in [0.3, 0.4) is 0 Å². The van der Waals surface area contributed by atoms with Crippen LogP contribution in [0.25, 0.3) is 11.0 Å². The molecular formula is C16H19N3O2. The predicted molar refractivity (Wildman–Crippen MR) is 79.1 cm³/mol. The SMILES string of the molecule is CN1[C@@H]2CC[C@H]1CC(NC(=O)c1noc3ccccc13)C2. The minimum Gasteiger partial charge on any atom is -0.355 e. The zero-order valence-corrected chi connectivity index (χ0v) is 12.1. The molecule has 1 unspecified atom stereocenters. The molecule has 1 amide bonds. The predicted octanol–water partition coefficient (Wildman–Crippen LogP) is 2.18. The molecule has 21 heavy (non-hydrogen) atoms. The number of rotatable bonds is 2. The Kier molecular flexibility index (Phi) is 2.96. The Morgan fingerprint density at radius 3 is 2.76 bits per heavy atom. The Morgan fingerprint density at radius 2 is 2.00 bits per heavy atom. The molecule has 5 heteroatoms. The first-order valence-electron chi connectivity index (χ1n) is 7.59. The summed E-state index contributed by atoms with van der Waals surface area (Å²) in [6, 6.07) is 8.96. The van der Waals surface area contributed by atoms with Gasteiger partial charge in [0, 0.05) is 18.1 Å². The van der Waals surface area contributed by atoms with Crippen molar-refractivity contribution < 1.29 is 9.32 Å². The molecule has 2 aromatic rings. The van der Waals surface area contributed by atoms with Crippen LogP contribution in [0.4, 0.5) is 0 Å². The van der Waals surface area contributed by atoms with E-state index in [2.05, 4.69) is 22.4 Å². The Labute approximate surface area is 123 Å². The maximum atomic E-state index is 12.5. The van der Waals surface area contributed by atoms with Gasteiger partial charge in [0.15, 0.2) is 11.3 Å². The first kappa shape index (κ1) is 12.8. The molecule has 2 saturated heterocycles. The van der Waals surface area contributed by atoms with Crippen LogP contribution < -0.4 is 5.32 Å². The van der Waals surface area contributed by atoms with E-state index in [0.29, 0.717) is 23.4 Å². The second kappa shape index (κ2) is 4.84. The fourth-order valence-corrected chi connectivity index (χ4v) is 3.83. The van der Waals surface area contributed by atoms with Crippen LogP contribution in [0.5, 0.6) is 0 Å². The number of nitrogens with one attached hydrogen (secondary N) is 1. The maximum Gasteiger partial charge on any atom is 0.274 e. The maximum absolute atomic E-state index is 12.5. The van der Waals surface area contributed by atoms with Crippen molar-refractivity contribution in [2.75, 3.05) is 7.05 Å². The highest BCUT2D eigenvalue weighted by atomic mass is 16.5. The minimum absolute atomic E-state index is 0.117. The number of benzene rings is 1. The van der Waals surface area contributed by atoms with E-state index in [1.807, 2.05) is 24.3 Å². The van der Waals surface area contributed by atoms with Gasteiger partial charge in [0.2, 0.25) is 0 Å². The number of hydrogen-bond acceptors (Lipinski definition) is 4. The highest BCUT2D eigenvalue weighted by molar-refractivity contribution is 6.04.